The van der Waals surface area contributed by atoms with Crippen LogP contribution in [-0.2, 0) is 7.05 Å². The van der Waals surface area contributed by atoms with Gasteiger partial charge in [0.25, 0.3) is 11.5 Å². The molecule has 0 unspecified atom stereocenters. The highest BCUT2D eigenvalue weighted by Crippen LogP contribution is 2.06. The summed E-state index contributed by atoms with van der Waals surface area (Å²) in [5.41, 5.74) is 0.117. The van der Waals surface area contributed by atoms with Crippen molar-refractivity contribution in [3.63, 3.8) is 0 Å². The smallest absolute Gasteiger partial charge is 0.264 e. The van der Waals surface area contributed by atoms with Gasteiger partial charge in [0.1, 0.15) is 6.54 Å². The Morgan fingerprint density at radius 1 is 1.73 bits per heavy atom. The Balaban J connectivity index is 3.02. The van der Waals surface area contributed by atoms with Crippen LogP contribution in [0.4, 0.5) is 0 Å². The minimum absolute atomic E-state index is 0.0563. The summed E-state index contributed by atoms with van der Waals surface area (Å²) in [4.78, 5) is 22.7. The van der Waals surface area contributed by atoms with Gasteiger partial charge in [0.05, 0.1) is 16.1 Å². The first-order valence-electron chi connectivity index (χ1n) is 4.07. The van der Waals surface area contributed by atoms with Gasteiger partial charge >= 0.3 is 0 Å². The first kappa shape index (κ1) is 11.5. The lowest BCUT2D eigenvalue weighted by molar-refractivity contribution is 0.0957. The van der Waals surface area contributed by atoms with Crippen LogP contribution in [0.25, 0.3) is 0 Å². The molecule has 0 bridgehead atoms. The molecule has 1 aromatic heterocycles. The minimum Gasteiger partial charge on any atom is -0.339 e. The number of carbonyl (C=O) groups excluding carboxylic acids is 1. The Morgan fingerprint density at radius 2 is 2.40 bits per heavy atom. The van der Waals surface area contributed by atoms with E-state index in [1.165, 1.54) is 16.8 Å². The fraction of sp³-hybridized carbons (Fsp3) is 0.222. The molecule has 78 valence electrons. The lowest BCUT2D eigenvalue weighted by Crippen LogP contribution is -2.26. The summed E-state index contributed by atoms with van der Waals surface area (Å²) >= 11 is 3.06. The maximum Gasteiger partial charge on any atom is 0.264 e. The van der Waals surface area contributed by atoms with Gasteiger partial charge in [-0.25, -0.2) is 0 Å². The number of halogens is 1. The number of aromatic nitrogens is 1. The Labute approximate surface area is 94.5 Å². The zero-order valence-electron chi connectivity index (χ0n) is 7.95. The number of nitriles is 1. The van der Waals surface area contributed by atoms with Gasteiger partial charge in [-0.2, -0.15) is 5.26 Å². The first-order valence-corrected chi connectivity index (χ1v) is 4.87. The molecule has 0 aliphatic carbocycles. The van der Waals surface area contributed by atoms with Gasteiger partial charge in [-0.1, -0.05) is 0 Å². The van der Waals surface area contributed by atoms with Gasteiger partial charge < -0.3 is 9.88 Å². The number of rotatable bonds is 2. The van der Waals surface area contributed by atoms with Crippen LogP contribution in [-0.4, -0.2) is 17.0 Å². The molecule has 0 saturated carbocycles. The number of aryl methyl sites for hydroxylation is 1. The van der Waals surface area contributed by atoms with E-state index in [9.17, 15) is 9.59 Å². The van der Waals surface area contributed by atoms with E-state index in [1.807, 2.05) is 0 Å². The summed E-state index contributed by atoms with van der Waals surface area (Å²) < 4.78 is 1.61. The highest BCUT2D eigenvalue weighted by atomic mass is 79.9. The largest absolute Gasteiger partial charge is 0.339 e. The highest BCUT2D eigenvalue weighted by molar-refractivity contribution is 9.10. The molecule has 1 amide bonds. The quantitative estimate of drug-likeness (QED) is 0.790. The lowest BCUT2D eigenvalue weighted by atomic mass is 10.2. The maximum absolute atomic E-state index is 11.4. The van der Waals surface area contributed by atoms with Crippen LogP contribution >= 0.6 is 15.9 Å². The zero-order chi connectivity index (χ0) is 11.4. The normalized spacial score (nSPS) is 9.40. The summed E-state index contributed by atoms with van der Waals surface area (Å²) in [7, 11) is 1.55. The van der Waals surface area contributed by atoms with Gasteiger partial charge in [-0.3, -0.25) is 9.59 Å². The van der Waals surface area contributed by atoms with E-state index in [0.29, 0.717) is 10.0 Å². The van der Waals surface area contributed by atoms with Crippen molar-refractivity contribution in [1.29, 1.82) is 5.26 Å². The Hall–Kier alpha value is -1.61. The summed E-state index contributed by atoms with van der Waals surface area (Å²) in [5, 5.41) is 10.7. The second-order valence-corrected chi connectivity index (χ2v) is 3.69. The minimum atomic E-state index is -0.382. The van der Waals surface area contributed by atoms with Gasteiger partial charge in [0.2, 0.25) is 0 Å². The average molecular weight is 270 g/mol. The summed E-state index contributed by atoms with van der Waals surface area (Å²) in [6, 6.07) is 3.22. The zero-order valence-corrected chi connectivity index (χ0v) is 9.54. The van der Waals surface area contributed by atoms with Crippen molar-refractivity contribution in [3.8, 4) is 6.07 Å². The fourth-order valence-corrected chi connectivity index (χ4v) is 1.54. The Morgan fingerprint density at radius 3 is 2.93 bits per heavy atom. The first-order chi connectivity index (χ1) is 7.06. The topological polar surface area (TPSA) is 74.9 Å². The van der Waals surface area contributed by atoms with Crippen molar-refractivity contribution >= 4 is 21.8 Å². The molecule has 0 aliphatic rings. The number of carbonyl (C=O) groups is 1. The summed E-state index contributed by atoms with van der Waals surface area (Å²) in [6.45, 7) is -0.0563. The average Bonchev–Trinajstić information content (AvgIpc) is 2.21. The van der Waals surface area contributed by atoms with Crippen molar-refractivity contribution in [3.05, 3.63) is 32.7 Å². The highest BCUT2D eigenvalue weighted by Gasteiger charge is 2.08. The SMILES string of the molecule is Cn1cc(C(=O)NCC#N)cc(Br)c1=O. The van der Waals surface area contributed by atoms with E-state index in [0.717, 1.165) is 0 Å². The number of amides is 1. The van der Waals surface area contributed by atoms with Crippen LogP contribution < -0.4 is 10.9 Å². The predicted molar refractivity (Wildman–Crippen MR) is 57.3 cm³/mol. The van der Waals surface area contributed by atoms with E-state index < -0.39 is 0 Å². The standard InChI is InChI=1S/C9H8BrN3O2/c1-13-5-6(4-7(10)9(13)15)8(14)12-3-2-11/h4-5H,3H2,1H3,(H,12,14). The molecular formula is C9H8BrN3O2. The van der Waals surface area contributed by atoms with Crippen molar-refractivity contribution in [2.24, 2.45) is 7.05 Å². The second kappa shape index (κ2) is 4.75. The third-order valence-electron chi connectivity index (χ3n) is 1.73. The molecule has 1 rings (SSSR count). The molecule has 0 aromatic carbocycles. The van der Waals surface area contributed by atoms with Gasteiger partial charge in [-0.05, 0) is 22.0 Å². The molecule has 0 fully saturated rings. The maximum atomic E-state index is 11.4. The van der Waals surface area contributed by atoms with Gasteiger partial charge in [0.15, 0.2) is 0 Å². The molecule has 0 aliphatic heterocycles. The van der Waals surface area contributed by atoms with E-state index in [2.05, 4.69) is 21.2 Å². The van der Waals surface area contributed by atoms with Gasteiger partial charge in [-0.15, -0.1) is 0 Å². The fourth-order valence-electron chi connectivity index (χ4n) is 1.02. The molecule has 0 radical (unpaired) electrons. The number of hydrogen-bond donors (Lipinski definition) is 1. The van der Waals surface area contributed by atoms with Crippen molar-refractivity contribution < 1.29 is 4.79 Å². The van der Waals surface area contributed by atoms with Crippen LogP contribution in [0.5, 0.6) is 0 Å². The van der Waals surface area contributed by atoms with Gasteiger partial charge in [0, 0.05) is 13.2 Å². The number of nitrogens with one attached hydrogen (secondary N) is 1. The van der Waals surface area contributed by atoms with Crippen molar-refractivity contribution in [2.45, 2.75) is 0 Å². The van der Waals surface area contributed by atoms with E-state index in [-0.39, 0.29) is 18.0 Å². The van der Waals surface area contributed by atoms with Crippen LogP contribution in [0.2, 0.25) is 0 Å². The molecule has 0 saturated heterocycles. The molecular weight excluding hydrogens is 262 g/mol. The van der Waals surface area contributed by atoms with Crippen LogP contribution in [0.1, 0.15) is 10.4 Å². The third-order valence-corrected chi connectivity index (χ3v) is 2.30. The Bertz CT molecular complexity index is 461. The molecule has 5 nitrogen and oxygen atoms in total. The molecule has 0 atom stereocenters. The van der Waals surface area contributed by atoms with Crippen LogP contribution in [0, 0.1) is 11.3 Å². The molecule has 15 heavy (non-hydrogen) atoms. The van der Waals surface area contributed by atoms with E-state index in [4.69, 9.17) is 5.26 Å². The second-order valence-electron chi connectivity index (χ2n) is 2.83. The molecule has 1 heterocycles. The van der Waals surface area contributed by atoms with Crippen molar-refractivity contribution in [2.75, 3.05) is 6.54 Å². The monoisotopic (exact) mass is 269 g/mol. The van der Waals surface area contributed by atoms with E-state index in [1.54, 1.807) is 13.1 Å². The number of nitrogens with zero attached hydrogens (tertiary/aromatic N) is 2. The Kier molecular flexibility index (Phi) is 3.63. The number of hydrogen-bond acceptors (Lipinski definition) is 3. The summed E-state index contributed by atoms with van der Waals surface area (Å²) in [5.74, 6) is -0.382. The number of pyridine rings is 1. The van der Waals surface area contributed by atoms with Crippen LogP contribution in [0.15, 0.2) is 21.5 Å². The molecule has 0 spiro atoms. The third kappa shape index (κ3) is 2.67. The lowest BCUT2D eigenvalue weighted by Gasteiger charge is -2.04. The molecule has 1 aromatic rings. The molecule has 1 N–H and O–H groups in total. The van der Waals surface area contributed by atoms with E-state index >= 15 is 0 Å². The summed E-state index contributed by atoms with van der Waals surface area (Å²) in [6.07, 6.45) is 1.42. The van der Waals surface area contributed by atoms with Crippen molar-refractivity contribution in [1.82, 2.24) is 9.88 Å². The van der Waals surface area contributed by atoms with Crippen LogP contribution in [0.3, 0.4) is 0 Å². The molecule has 6 heteroatoms. The predicted octanol–water partition coefficient (Wildman–Crippen LogP) is 0.401.